The minimum atomic E-state index is 0.0875. The second-order valence-electron chi connectivity index (χ2n) is 7.54. The number of piperazine rings is 1. The van der Waals surface area contributed by atoms with Crippen molar-refractivity contribution in [3.05, 3.63) is 59.1 Å². The van der Waals surface area contributed by atoms with Gasteiger partial charge >= 0.3 is 0 Å². The third-order valence-electron chi connectivity index (χ3n) is 5.44. The van der Waals surface area contributed by atoms with Crippen molar-refractivity contribution < 1.29 is 9.53 Å². The number of para-hydroxylation sites is 2. The van der Waals surface area contributed by atoms with Crippen LogP contribution >= 0.6 is 11.3 Å². The maximum absolute atomic E-state index is 12.3. The van der Waals surface area contributed by atoms with Crippen molar-refractivity contribution in [1.82, 2.24) is 20.1 Å². The molecule has 0 unspecified atom stereocenters. The minimum absolute atomic E-state index is 0.0875. The van der Waals surface area contributed by atoms with E-state index in [4.69, 9.17) is 9.72 Å². The fourth-order valence-electron chi connectivity index (χ4n) is 3.79. The fraction of sp³-hybridized carbons (Fsp3) is 0.391. The molecule has 1 aliphatic heterocycles. The summed E-state index contributed by atoms with van der Waals surface area (Å²) in [6.45, 7) is 5.71. The number of nitrogens with one attached hydrogen (secondary N) is 1. The summed E-state index contributed by atoms with van der Waals surface area (Å²) in [6.07, 6.45) is 0.770. The number of aromatic nitrogens is 1. The first kappa shape index (κ1) is 20.8. The zero-order valence-electron chi connectivity index (χ0n) is 17.3. The van der Waals surface area contributed by atoms with E-state index >= 15 is 0 Å². The van der Waals surface area contributed by atoms with E-state index in [0.29, 0.717) is 13.1 Å². The molecule has 1 aromatic heterocycles. The molecule has 0 aliphatic carbocycles. The number of hydrogen-bond donors (Lipinski definition) is 1. The van der Waals surface area contributed by atoms with Gasteiger partial charge in [-0.25, -0.2) is 4.98 Å². The number of ether oxygens (including phenoxy) is 1. The fourth-order valence-corrected chi connectivity index (χ4v) is 4.80. The molecule has 3 aromatic rings. The predicted molar refractivity (Wildman–Crippen MR) is 121 cm³/mol. The summed E-state index contributed by atoms with van der Waals surface area (Å²) in [5.74, 6) is 0.959. The molecule has 4 rings (SSSR count). The zero-order chi connectivity index (χ0) is 20.8. The van der Waals surface area contributed by atoms with Crippen molar-refractivity contribution in [2.45, 2.75) is 13.0 Å². The smallest absolute Gasteiger partial charge is 0.234 e. The van der Waals surface area contributed by atoms with Crippen LogP contribution in [0, 0.1) is 0 Å². The molecule has 0 radical (unpaired) electrons. The summed E-state index contributed by atoms with van der Waals surface area (Å²) >= 11 is 1.77. The normalized spacial score (nSPS) is 15.4. The SMILES string of the molecule is COc1ccccc1CCNC(=O)CN1CCN(Cc2nc3ccccc3s2)CC1. The lowest BCUT2D eigenvalue weighted by Crippen LogP contribution is -2.49. The van der Waals surface area contributed by atoms with Gasteiger partial charge in [-0.2, -0.15) is 0 Å². The van der Waals surface area contributed by atoms with E-state index < -0.39 is 0 Å². The van der Waals surface area contributed by atoms with Crippen LogP contribution in [0.3, 0.4) is 0 Å². The first-order chi connectivity index (χ1) is 14.7. The van der Waals surface area contributed by atoms with E-state index in [1.807, 2.05) is 30.3 Å². The van der Waals surface area contributed by atoms with E-state index in [-0.39, 0.29) is 5.91 Å². The monoisotopic (exact) mass is 424 g/mol. The summed E-state index contributed by atoms with van der Waals surface area (Å²) in [4.78, 5) is 21.7. The van der Waals surface area contributed by atoms with Crippen LogP contribution in [-0.2, 0) is 17.8 Å². The van der Waals surface area contributed by atoms with Crippen molar-refractivity contribution in [1.29, 1.82) is 0 Å². The first-order valence-electron chi connectivity index (χ1n) is 10.4. The highest BCUT2D eigenvalue weighted by Crippen LogP contribution is 2.23. The Morgan fingerprint density at radius 2 is 1.80 bits per heavy atom. The van der Waals surface area contributed by atoms with Crippen molar-refractivity contribution in [3.8, 4) is 5.75 Å². The average Bonchev–Trinajstić information content (AvgIpc) is 3.18. The molecule has 1 amide bonds. The lowest BCUT2D eigenvalue weighted by molar-refractivity contribution is -0.122. The van der Waals surface area contributed by atoms with Crippen molar-refractivity contribution in [2.24, 2.45) is 0 Å². The maximum Gasteiger partial charge on any atom is 0.234 e. The molecule has 0 saturated carbocycles. The Kier molecular flexibility index (Phi) is 6.94. The van der Waals surface area contributed by atoms with Gasteiger partial charge in [-0.3, -0.25) is 14.6 Å². The number of hydrogen-bond acceptors (Lipinski definition) is 6. The van der Waals surface area contributed by atoms with E-state index in [1.54, 1.807) is 18.4 Å². The summed E-state index contributed by atoms with van der Waals surface area (Å²) in [7, 11) is 1.67. The van der Waals surface area contributed by atoms with Crippen LogP contribution in [-0.4, -0.2) is 67.1 Å². The van der Waals surface area contributed by atoms with Gasteiger partial charge in [0.15, 0.2) is 0 Å². The molecular weight excluding hydrogens is 396 g/mol. The predicted octanol–water partition coefficient (Wildman–Crippen LogP) is 2.78. The zero-order valence-corrected chi connectivity index (χ0v) is 18.2. The summed E-state index contributed by atoms with van der Waals surface area (Å²) in [5.41, 5.74) is 2.20. The lowest BCUT2D eigenvalue weighted by atomic mass is 10.1. The molecule has 30 heavy (non-hydrogen) atoms. The number of carbonyl (C=O) groups excluding carboxylic acids is 1. The average molecular weight is 425 g/mol. The van der Waals surface area contributed by atoms with Gasteiger partial charge in [0.1, 0.15) is 10.8 Å². The highest BCUT2D eigenvalue weighted by molar-refractivity contribution is 7.18. The van der Waals surface area contributed by atoms with Crippen LogP contribution in [0.4, 0.5) is 0 Å². The summed E-state index contributed by atoms with van der Waals surface area (Å²) in [5, 5.41) is 4.20. The summed E-state index contributed by atoms with van der Waals surface area (Å²) in [6, 6.07) is 16.2. The van der Waals surface area contributed by atoms with E-state index in [0.717, 1.165) is 56.0 Å². The van der Waals surface area contributed by atoms with Gasteiger partial charge in [0.05, 0.1) is 30.4 Å². The topological polar surface area (TPSA) is 57.7 Å². The van der Waals surface area contributed by atoms with Crippen molar-refractivity contribution in [3.63, 3.8) is 0 Å². The Bertz CT molecular complexity index is 949. The number of rotatable bonds is 8. The summed E-state index contributed by atoms with van der Waals surface area (Å²) < 4.78 is 6.61. The van der Waals surface area contributed by atoms with Crippen LogP contribution in [0.1, 0.15) is 10.6 Å². The number of methoxy groups -OCH3 is 1. The van der Waals surface area contributed by atoms with Gasteiger partial charge < -0.3 is 10.1 Å². The van der Waals surface area contributed by atoms with Gasteiger partial charge in [0.2, 0.25) is 5.91 Å². The Morgan fingerprint density at radius 1 is 1.07 bits per heavy atom. The molecular formula is C23H28N4O2S. The van der Waals surface area contributed by atoms with E-state index in [1.165, 1.54) is 9.71 Å². The first-order valence-corrected chi connectivity index (χ1v) is 11.2. The van der Waals surface area contributed by atoms with Gasteiger partial charge in [0.25, 0.3) is 0 Å². The Balaban J connectivity index is 1.17. The molecule has 1 fully saturated rings. The Labute approximate surface area is 181 Å². The molecule has 1 N–H and O–H groups in total. The molecule has 0 atom stereocenters. The number of nitrogens with zero attached hydrogens (tertiary/aromatic N) is 3. The molecule has 2 heterocycles. The number of carbonyl (C=O) groups is 1. The Hall–Kier alpha value is -2.48. The molecule has 1 saturated heterocycles. The maximum atomic E-state index is 12.3. The van der Waals surface area contributed by atoms with E-state index in [9.17, 15) is 4.79 Å². The minimum Gasteiger partial charge on any atom is -0.496 e. The Morgan fingerprint density at radius 3 is 2.60 bits per heavy atom. The number of thiazole rings is 1. The van der Waals surface area contributed by atoms with E-state index in [2.05, 4.69) is 33.3 Å². The van der Waals surface area contributed by atoms with Gasteiger partial charge in [-0.1, -0.05) is 30.3 Å². The molecule has 0 bridgehead atoms. The second-order valence-corrected chi connectivity index (χ2v) is 8.65. The van der Waals surface area contributed by atoms with Crippen LogP contribution < -0.4 is 10.1 Å². The van der Waals surface area contributed by atoms with Crippen LogP contribution in [0.2, 0.25) is 0 Å². The standard InChI is InChI=1S/C23H28N4O2S/c1-29-20-8-4-2-6-18(20)10-11-24-22(28)16-26-12-14-27(15-13-26)17-23-25-19-7-3-5-9-21(19)30-23/h2-9H,10-17H2,1H3,(H,24,28). The van der Waals surface area contributed by atoms with Crippen LogP contribution in [0.15, 0.2) is 48.5 Å². The number of amides is 1. The van der Waals surface area contributed by atoms with Gasteiger partial charge in [-0.05, 0) is 30.2 Å². The van der Waals surface area contributed by atoms with Gasteiger partial charge in [-0.15, -0.1) is 11.3 Å². The molecule has 7 heteroatoms. The molecule has 6 nitrogen and oxygen atoms in total. The van der Waals surface area contributed by atoms with Crippen LogP contribution in [0.25, 0.3) is 10.2 Å². The third-order valence-corrected chi connectivity index (χ3v) is 6.46. The molecule has 1 aliphatic rings. The quantitative estimate of drug-likeness (QED) is 0.603. The number of fused-ring (bicyclic) bond motifs is 1. The highest BCUT2D eigenvalue weighted by Gasteiger charge is 2.20. The van der Waals surface area contributed by atoms with Crippen LogP contribution in [0.5, 0.6) is 5.75 Å². The van der Waals surface area contributed by atoms with Crippen molar-refractivity contribution >= 4 is 27.5 Å². The molecule has 158 valence electrons. The molecule has 2 aromatic carbocycles. The second kappa shape index (κ2) is 10.0. The highest BCUT2D eigenvalue weighted by atomic mass is 32.1. The largest absolute Gasteiger partial charge is 0.496 e. The van der Waals surface area contributed by atoms with Crippen molar-refractivity contribution in [2.75, 3.05) is 46.4 Å². The van der Waals surface area contributed by atoms with Gasteiger partial charge in [0, 0.05) is 32.7 Å². The lowest BCUT2D eigenvalue weighted by Gasteiger charge is -2.33. The number of benzene rings is 2. The third kappa shape index (κ3) is 5.36. The molecule has 0 spiro atoms.